The highest BCUT2D eigenvalue weighted by molar-refractivity contribution is 7.99. The first-order valence-electron chi connectivity index (χ1n) is 7.77. The first kappa shape index (κ1) is 16.2. The molecule has 1 aliphatic carbocycles. The van der Waals surface area contributed by atoms with Gasteiger partial charge < -0.3 is 5.32 Å². The molecule has 20 heavy (non-hydrogen) atoms. The molecule has 0 atom stereocenters. The molecule has 112 valence electrons. The largest absolute Gasteiger partial charge is 0.312 e. The van der Waals surface area contributed by atoms with E-state index in [0.29, 0.717) is 5.92 Å². The van der Waals surface area contributed by atoms with Crippen molar-refractivity contribution in [3.63, 3.8) is 0 Å². The quantitative estimate of drug-likeness (QED) is 0.680. The zero-order chi connectivity index (χ0) is 14.4. The monoisotopic (exact) mass is 311 g/mol. The minimum absolute atomic E-state index is 0.684. The molecule has 0 aromatic heterocycles. The van der Waals surface area contributed by atoms with Gasteiger partial charge in [-0.1, -0.05) is 50.4 Å². The number of hydrogen-bond donors (Lipinski definition) is 1. The van der Waals surface area contributed by atoms with Gasteiger partial charge in [0.05, 0.1) is 5.02 Å². The predicted octanol–water partition coefficient (Wildman–Crippen LogP) is 5.37. The first-order valence-corrected chi connectivity index (χ1v) is 9.14. The number of thioether (sulfide) groups is 1. The van der Waals surface area contributed by atoms with Crippen LogP contribution in [0.5, 0.6) is 0 Å². The van der Waals surface area contributed by atoms with Crippen molar-refractivity contribution in [1.29, 1.82) is 0 Å². The molecule has 1 fully saturated rings. The Morgan fingerprint density at radius 1 is 1.30 bits per heavy atom. The summed E-state index contributed by atoms with van der Waals surface area (Å²) in [6, 6.07) is 6.29. The normalized spacial score (nSPS) is 16.2. The molecule has 3 heteroatoms. The van der Waals surface area contributed by atoms with E-state index in [0.717, 1.165) is 24.0 Å². The van der Waals surface area contributed by atoms with Crippen molar-refractivity contribution in [3.8, 4) is 0 Å². The Morgan fingerprint density at radius 3 is 2.75 bits per heavy atom. The molecular weight excluding hydrogens is 286 g/mol. The van der Waals surface area contributed by atoms with Crippen molar-refractivity contribution < 1.29 is 0 Å². The van der Waals surface area contributed by atoms with Gasteiger partial charge in [-0.2, -0.15) is 0 Å². The van der Waals surface area contributed by atoms with E-state index in [1.807, 2.05) is 17.8 Å². The van der Waals surface area contributed by atoms with E-state index in [2.05, 4.69) is 31.3 Å². The lowest BCUT2D eigenvalue weighted by atomic mass is 10.1. The van der Waals surface area contributed by atoms with Crippen LogP contribution in [0, 0.1) is 11.8 Å². The van der Waals surface area contributed by atoms with Crippen LogP contribution in [0.2, 0.25) is 5.02 Å². The molecule has 0 bridgehead atoms. The summed E-state index contributed by atoms with van der Waals surface area (Å²) in [6.07, 6.45) is 5.63. The molecule has 1 saturated carbocycles. The SMILES string of the molecule is CC(C)CNCc1cccc(Cl)c1SCC1CCCC1. The van der Waals surface area contributed by atoms with Crippen molar-refractivity contribution >= 4 is 23.4 Å². The molecule has 0 aliphatic heterocycles. The van der Waals surface area contributed by atoms with E-state index >= 15 is 0 Å². The summed E-state index contributed by atoms with van der Waals surface area (Å²) < 4.78 is 0. The maximum absolute atomic E-state index is 6.41. The van der Waals surface area contributed by atoms with Crippen molar-refractivity contribution in [3.05, 3.63) is 28.8 Å². The minimum Gasteiger partial charge on any atom is -0.312 e. The molecule has 1 aliphatic rings. The van der Waals surface area contributed by atoms with Crippen LogP contribution in [0.15, 0.2) is 23.1 Å². The fourth-order valence-corrected chi connectivity index (χ4v) is 4.35. The summed E-state index contributed by atoms with van der Waals surface area (Å²) in [4.78, 5) is 1.29. The van der Waals surface area contributed by atoms with Gasteiger partial charge in [0.25, 0.3) is 0 Å². The Hall–Kier alpha value is -0.180. The third-order valence-corrected chi connectivity index (χ3v) is 5.69. The van der Waals surface area contributed by atoms with Crippen molar-refractivity contribution in [2.45, 2.75) is 51.0 Å². The van der Waals surface area contributed by atoms with Gasteiger partial charge in [-0.05, 0) is 42.9 Å². The molecule has 0 spiro atoms. The Labute approximate surface area is 132 Å². The molecule has 2 rings (SSSR count). The van der Waals surface area contributed by atoms with Crippen molar-refractivity contribution in [1.82, 2.24) is 5.32 Å². The average molecular weight is 312 g/mol. The summed E-state index contributed by atoms with van der Waals surface area (Å²) >= 11 is 8.37. The van der Waals surface area contributed by atoms with E-state index in [1.54, 1.807) is 0 Å². The molecular formula is C17H26ClNS. The summed E-state index contributed by atoms with van der Waals surface area (Å²) in [5, 5.41) is 4.44. The van der Waals surface area contributed by atoms with E-state index in [9.17, 15) is 0 Å². The Bertz CT molecular complexity index is 413. The molecule has 1 nitrogen and oxygen atoms in total. The second-order valence-electron chi connectivity index (χ2n) is 6.21. The maximum atomic E-state index is 6.41. The molecule has 0 radical (unpaired) electrons. The van der Waals surface area contributed by atoms with E-state index in [1.165, 1.54) is 41.9 Å². The highest BCUT2D eigenvalue weighted by atomic mass is 35.5. The lowest BCUT2D eigenvalue weighted by Gasteiger charge is -2.15. The second-order valence-corrected chi connectivity index (χ2v) is 7.65. The molecule has 1 N–H and O–H groups in total. The molecule has 0 heterocycles. The van der Waals surface area contributed by atoms with Gasteiger partial charge in [0.15, 0.2) is 0 Å². The molecule has 0 saturated heterocycles. The fourth-order valence-electron chi connectivity index (χ4n) is 2.73. The minimum atomic E-state index is 0.684. The lowest BCUT2D eigenvalue weighted by molar-refractivity contribution is 0.550. The highest BCUT2D eigenvalue weighted by Gasteiger charge is 2.16. The zero-order valence-corrected chi connectivity index (χ0v) is 14.2. The number of rotatable bonds is 7. The smallest absolute Gasteiger partial charge is 0.0545 e. The van der Waals surface area contributed by atoms with Crippen LogP contribution in [0.4, 0.5) is 0 Å². The second kappa shape index (κ2) is 8.31. The highest BCUT2D eigenvalue weighted by Crippen LogP contribution is 2.35. The lowest BCUT2D eigenvalue weighted by Crippen LogP contribution is -2.19. The average Bonchev–Trinajstić information content (AvgIpc) is 2.90. The summed E-state index contributed by atoms with van der Waals surface area (Å²) in [7, 11) is 0. The van der Waals surface area contributed by atoms with Gasteiger partial charge >= 0.3 is 0 Å². The van der Waals surface area contributed by atoms with E-state index in [4.69, 9.17) is 11.6 Å². The van der Waals surface area contributed by atoms with Gasteiger partial charge in [-0.25, -0.2) is 0 Å². The van der Waals surface area contributed by atoms with Crippen LogP contribution in [-0.4, -0.2) is 12.3 Å². The number of halogens is 1. The standard InChI is InChI=1S/C17H26ClNS/c1-13(2)10-19-11-15-8-5-9-16(18)17(15)20-12-14-6-3-4-7-14/h5,8-9,13-14,19H,3-4,6-7,10-12H2,1-2H3. The third-order valence-electron chi connectivity index (χ3n) is 3.85. The van der Waals surface area contributed by atoms with Gasteiger partial charge in [-0.15, -0.1) is 11.8 Å². The fraction of sp³-hybridized carbons (Fsp3) is 0.647. The Kier molecular flexibility index (Phi) is 6.73. The maximum Gasteiger partial charge on any atom is 0.0545 e. The van der Waals surface area contributed by atoms with Gasteiger partial charge in [0.1, 0.15) is 0 Å². The van der Waals surface area contributed by atoms with E-state index < -0.39 is 0 Å². The van der Waals surface area contributed by atoms with Crippen LogP contribution < -0.4 is 5.32 Å². The van der Waals surface area contributed by atoms with Crippen LogP contribution >= 0.6 is 23.4 Å². The topological polar surface area (TPSA) is 12.0 Å². The first-order chi connectivity index (χ1) is 9.66. The molecule has 0 unspecified atom stereocenters. The van der Waals surface area contributed by atoms with Crippen LogP contribution in [0.3, 0.4) is 0 Å². The predicted molar refractivity (Wildman–Crippen MR) is 90.7 cm³/mol. The van der Waals surface area contributed by atoms with Crippen LogP contribution in [0.25, 0.3) is 0 Å². The third kappa shape index (κ3) is 4.98. The van der Waals surface area contributed by atoms with Crippen LogP contribution in [0.1, 0.15) is 45.1 Å². The Balaban J connectivity index is 1.94. The van der Waals surface area contributed by atoms with Crippen LogP contribution in [-0.2, 0) is 6.54 Å². The molecule has 1 aromatic carbocycles. The van der Waals surface area contributed by atoms with Gasteiger partial charge in [0, 0.05) is 17.2 Å². The number of hydrogen-bond acceptors (Lipinski definition) is 2. The van der Waals surface area contributed by atoms with Gasteiger partial charge in [0.2, 0.25) is 0 Å². The zero-order valence-electron chi connectivity index (χ0n) is 12.6. The summed E-state index contributed by atoms with van der Waals surface area (Å²) in [6.45, 7) is 6.45. The van der Waals surface area contributed by atoms with Gasteiger partial charge in [-0.3, -0.25) is 0 Å². The van der Waals surface area contributed by atoms with E-state index in [-0.39, 0.29) is 0 Å². The summed E-state index contributed by atoms with van der Waals surface area (Å²) in [5.41, 5.74) is 1.35. The Morgan fingerprint density at radius 2 is 2.05 bits per heavy atom. The molecule has 0 amide bonds. The number of nitrogens with one attached hydrogen (secondary N) is 1. The summed E-state index contributed by atoms with van der Waals surface area (Å²) in [5.74, 6) is 2.80. The van der Waals surface area contributed by atoms with Crippen molar-refractivity contribution in [2.24, 2.45) is 11.8 Å². The number of benzene rings is 1. The van der Waals surface area contributed by atoms with Crippen molar-refractivity contribution in [2.75, 3.05) is 12.3 Å². The molecule has 1 aromatic rings.